The molecule has 0 aromatic carbocycles. The van der Waals surface area contributed by atoms with Crippen molar-refractivity contribution in [1.82, 2.24) is 9.88 Å². The SMILES string of the molecule is COC(=O)N1CCC(Nc2cc(C(C)C)ccn2)CC1. The summed E-state index contributed by atoms with van der Waals surface area (Å²) in [6.45, 7) is 5.81. The Kier molecular flexibility index (Phi) is 4.82. The van der Waals surface area contributed by atoms with Crippen LogP contribution in [-0.2, 0) is 4.74 Å². The number of rotatable bonds is 3. The van der Waals surface area contributed by atoms with Gasteiger partial charge in [0.05, 0.1) is 7.11 Å². The van der Waals surface area contributed by atoms with Gasteiger partial charge >= 0.3 is 6.09 Å². The number of likely N-dealkylation sites (tertiary alicyclic amines) is 1. The van der Waals surface area contributed by atoms with Gasteiger partial charge in [-0.15, -0.1) is 0 Å². The van der Waals surface area contributed by atoms with Gasteiger partial charge in [-0.05, 0) is 36.5 Å². The summed E-state index contributed by atoms with van der Waals surface area (Å²) in [5, 5.41) is 3.46. The molecule has 1 amide bonds. The van der Waals surface area contributed by atoms with E-state index in [1.807, 2.05) is 6.20 Å². The Morgan fingerprint density at radius 1 is 1.45 bits per heavy atom. The third-order valence-corrected chi connectivity index (χ3v) is 3.73. The highest BCUT2D eigenvalue weighted by Crippen LogP contribution is 2.19. The van der Waals surface area contributed by atoms with Gasteiger partial charge in [-0.25, -0.2) is 9.78 Å². The fraction of sp³-hybridized carbons (Fsp3) is 0.600. The maximum Gasteiger partial charge on any atom is 0.409 e. The normalized spacial score (nSPS) is 16.3. The third-order valence-electron chi connectivity index (χ3n) is 3.73. The molecular weight excluding hydrogens is 254 g/mol. The van der Waals surface area contributed by atoms with Crippen molar-refractivity contribution in [3.63, 3.8) is 0 Å². The number of methoxy groups -OCH3 is 1. The maximum atomic E-state index is 11.4. The van der Waals surface area contributed by atoms with Gasteiger partial charge in [0.25, 0.3) is 0 Å². The predicted octanol–water partition coefficient (Wildman–Crippen LogP) is 2.85. The molecule has 0 atom stereocenters. The zero-order valence-electron chi connectivity index (χ0n) is 12.4. The van der Waals surface area contributed by atoms with E-state index in [0.29, 0.717) is 12.0 Å². The second-order valence-electron chi connectivity index (χ2n) is 5.50. The first kappa shape index (κ1) is 14.6. The lowest BCUT2D eigenvalue weighted by molar-refractivity contribution is 0.113. The molecule has 1 saturated heterocycles. The molecule has 0 bridgehead atoms. The van der Waals surface area contributed by atoms with Crippen LogP contribution >= 0.6 is 0 Å². The van der Waals surface area contributed by atoms with E-state index in [4.69, 9.17) is 4.74 Å². The number of nitrogens with one attached hydrogen (secondary N) is 1. The minimum Gasteiger partial charge on any atom is -0.453 e. The molecule has 0 aliphatic carbocycles. The topological polar surface area (TPSA) is 54.5 Å². The summed E-state index contributed by atoms with van der Waals surface area (Å²) >= 11 is 0. The van der Waals surface area contributed by atoms with Gasteiger partial charge in [0.15, 0.2) is 0 Å². The zero-order chi connectivity index (χ0) is 14.5. The molecule has 1 fully saturated rings. The molecule has 1 aromatic rings. The van der Waals surface area contributed by atoms with Crippen molar-refractivity contribution < 1.29 is 9.53 Å². The molecule has 0 radical (unpaired) electrons. The molecule has 2 rings (SSSR count). The van der Waals surface area contributed by atoms with Gasteiger partial charge in [-0.2, -0.15) is 0 Å². The van der Waals surface area contributed by atoms with Crippen LogP contribution in [0.4, 0.5) is 10.6 Å². The Hall–Kier alpha value is -1.78. The number of carbonyl (C=O) groups is 1. The molecule has 110 valence electrons. The van der Waals surface area contributed by atoms with Crippen LogP contribution in [0.25, 0.3) is 0 Å². The third kappa shape index (κ3) is 3.62. The van der Waals surface area contributed by atoms with Gasteiger partial charge in [0, 0.05) is 25.3 Å². The lowest BCUT2D eigenvalue weighted by Gasteiger charge is -2.31. The second-order valence-corrected chi connectivity index (χ2v) is 5.50. The fourth-order valence-electron chi connectivity index (χ4n) is 2.43. The molecule has 1 aliphatic rings. The molecule has 0 saturated carbocycles. The molecule has 0 spiro atoms. The summed E-state index contributed by atoms with van der Waals surface area (Å²) in [4.78, 5) is 17.5. The van der Waals surface area contributed by atoms with Crippen molar-refractivity contribution in [1.29, 1.82) is 0 Å². The zero-order valence-corrected chi connectivity index (χ0v) is 12.4. The van der Waals surface area contributed by atoms with E-state index in [2.05, 4.69) is 36.3 Å². The predicted molar refractivity (Wildman–Crippen MR) is 78.9 cm³/mol. The van der Waals surface area contributed by atoms with Crippen LogP contribution in [-0.4, -0.2) is 42.2 Å². The van der Waals surface area contributed by atoms with Gasteiger partial charge in [0.2, 0.25) is 0 Å². The molecule has 0 unspecified atom stereocenters. The van der Waals surface area contributed by atoms with Crippen LogP contribution in [0.3, 0.4) is 0 Å². The first-order valence-corrected chi connectivity index (χ1v) is 7.15. The number of nitrogens with zero attached hydrogens (tertiary/aromatic N) is 2. The quantitative estimate of drug-likeness (QED) is 0.923. The monoisotopic (exact) mass is 277 g/mol. The van der Waals surface area contributed by atoms with E-state index in [9.17, 15) is 4.79 Å². The Bertz CT molecular complexity index is 454. The smallest absolute Gasteiger partial charge is 0.409 e. The number of amides is 1. The summed E-state index contributed by atoms with van der Waals surface area (Å²) < 4.78 is 4.74. The van der Waals surface area contributed by atoms with Crippen molar-refractivity contribution in [3.05, 3.63) is 23.9 Å². The Balaban J connectivity index is 1.89. The standard InChI is InChI=1S/C15H23N3O2/c1-11(2)12-4-7-16-14(10-12)17-13-5-8-18(9-6-13)15(19)20-3/h4,7,10-11,13H,5-6,8-9H2,1-3H3,(H,16,17). The van der Waals surface area contributed by atoms with Gasteiger partial charge in [-0.1, -0.05) is 13.8 Å². The molecule has 20 heavy (non-hydrogen) atoms. The second kappa shape index (κ2) is 6.59. The Morgan fingerprint density at radius 2 is 2.15 bits per heavy atom. The minimum absolute atomic E-state index is 0.233. The number of carbonyl (C=O) groups excluding carboxylic acids is 1. The van der Waals surface area contributed by atoms with Crippen molar-refractivity contribution in [3.8, 4) is 0 Å². The fourth-order valence-corrected chi connectivity index (χ4v) is 2.43. The van der Waals surface area contributed by atoms with E-state index >= 15 is 0 Å². The summed E-state index contributed by atoms with van der Waals surface area (Å²) in [6, 6.07) is 4.53. The summed E-state index contributed by atoms with van der Waals surface area (Å²) in [5.74, 6) is 1.42. The van der Waals surface area contributed by atoms with Crippen molar-refractivity contribution in [2.45, 2.75) is 38.6 Å². The first-order chi connectivity index (χ1) is 9.60. The molecule has 1 aliphatic heterocycles. The van der Waals surface area contributed by atoms with Crippen LogP contribution in [0.15, 0.2) is 18.3 Å². The number of hydrogen-bond donors (Lipinski definition) is 1. The average Bonchev–Trinajstić information content (AvgIpc) is 2.47. The van der Waals surface area contributed by atoms with Gasteiger partial charge < -0.3 is 15.0 Å². The highest BCUT2D eigenvalue weighted by atomic mass is 16.5. The number of pyridine rings is 1. The lowest BCUT2D eigenvalue weighted by Crippen LogP contribution is -2.42. The van der Waals surface area contributed by atoms with E-state index in [1.54, 1.807) is 4.90 Å². The van der Waals surface area contributed by atoms with E-state index in [0.717, 1.165) is 31.7 Å². The van der Waals surface area contributed by atoms with Crippen LogP contribution in [0.5, 0.6) is 0 Å². The summed E-state index contributed by atoms with van der Waals surface area (Å²) in [6.07, 6.45) is 3.45. The van der Waals surface area contributed by atoms with E-state index in [1.165, 1.54) is 12.7 Å². The van der Waals surface area contributed by atoms with Crippen molar-refractivity contribution >= 4 is 11.9 Å². The highest BCUT2D eigenvalue weighted by Gasteiger charge is 2.23. The highest BCUT2D eigenvalue weighted by molar-refractivity contribution is 5.67. The number of piperidine rings is 1. The van der Waals surface area contributed by atoms with Crippen molar-refractivity contribution in [2.24, 2.45) is 0 Å². The van der Waals surface area contributed by atoms with Crippen LogP contribution in [0.2, 0.25) is 0 Å². The van der Waals surface area contributed by atoms with E-state index < -0.39 is 0 Å². The summed E-state index contributed by atoms with van der Waals surface area (Å²) in [7, 11) is 1.42. The number of anilines is 1. The van der Waals surface area contributed by atoms with Gasteiger partial charge in [-0.3, -0.25) is 0 Å². The molecule has 2 heterocycles. The first-order valence-electron chi connectivity index (χ1n) is 7.15. The molecule has 1 N–H and O–H groups in total. The molecule has 5 nitrogen and oxygen atoms in total. The number of ether oxygens (including phenoxy) is 1. The lowest BCUT2D eigenvalue weighted by atomic mass is 10.0. The molecule has 5 heteroatoms. The van der Waals surface area contributed by atoms with Gasteiger partial charge in [0.1, 0.15) is 5.82 Å². The Morgan fingerprint density at radius 3 is 2.75 bits per heavy atom. The molecule has 1 aromatic heterocycles. The number of aromatic nitrogens is 1. The van der Waals surface area contributed by atoms with Crippen molar-refractivity contribution in [2.75, 3.05) is 25.5 Å². The maximum absolute atomic E-state index is 11.4. The average molecular weight is 277 g/mol. The van der Waals surface area contributed by atoms with Crippen LogP contribution in [0, 0.1) is 0 Å². The van der Waals surface area contributed by atoms with Crippen LogP contribution in [0.1, 0.15) is 38.2 Å². The molecular formula is C15H23N3O2. The van der Waals surface area contributed by atoms with Crippen LogP contribution < -0.4 is 5.32 Å². The largest absolute Gasteiger partial charge is 0.453 e. The Labute approximate surface area is 120 Å². The summed E-state index contributed by atoms with van der Waals surface area (Å²) in [5.41, 5.74) is 1.29. The number of hydrogen-bond acceptors (Lipinski definition) is 4. The van der Waals surface area contributed by atoms with E-state index in [-0.39, 0.29) is 6.09 Å². The minimum atomic E-state index is -0.233.